The van der Waals surface area contributed by atoms with Crippen LogP contribution in [0.4, 0.5) is 5.69 Å². The van der Waals surface area contributed by atoms with Crippen molar-refractivity contribution in [2.45, 2.75) is 19.4 Å². The Labute approximate surface area is 127 Å². The van der Waals surface area contributed by atoms with E-state index in [0.717, 1.165) is 22.1 Å². The molecule has 0 radical (unpaired) electrons. The van der Waals surface area contributed by atoms with Crippen LogP contribution in [-0.4, -0.2) is 5.11 Å². The lowest BCUT2D eigenvalue weighted by atomic mass is 10.0. The molecule has 1 atom stereocenters. The zero-order valence-corrected chi connectivity index (χ0v) is 12.7. The Morgan fingerprint density at radius 3 is 2.55 bits per heavy atom. The molecular formula is C16H15BrN2O. The minimum Gasteiger partial charge on any atom is -0.508 e. The highest BCUT2D eigenvalue weighted by Gasteiger charge is 2.11. The van der Waals surface area contributed by atoms with E-state index in [-0.39, 0.29) is 11.8 Å². The molecule has 0 amide bonds. The summed E-state index contributed by atoms with van der Waals surface area (Å²) in [5.74, 6) is 0.253. The lowest BCUT2D eigenvalue weighted by Crippen LogP contribution is -2.10. The lowest BCUT2D eigenvalue weighted by molar-refractivity contribution is 0.475. The van der Waals surface area contributed by atoms with Gasteiger partial charge in [-0.25, -0.2) is 0 Å². The fourth-order valence-electron chi connectivity index (χ4n) is 2.05. The van der Waals surface area contributed by atoms with Crippen LogP contribution in [0.15, 0.2) is 46.9 Å². The smallest absolute Gasteiger partial charge is 0.115 e. The molecule has 4 heteroatoms. The molecule has 0 heterocycles. The zero-order chi connectivity index (χ0) is 14.5. The van der Waals surface area contributed by atoms with Crippen LogP contribution >= 0.6 is 15.9 Å². The summed E-state index contributed by atoms with van der Waals surface area (Å²) >= 11 is 3.42. The molecule has 102 valence electrons. The number of nitrogens with zero attached hydrogens (tertiary/aromatic N) is 1. The quantitative estimate of drug-likeness (QED) is 0.861. The van der Waals surface area contributed by atoms with Crippen LogP contribution in [-0.2, 0) is 0 Å². The average Bonchev–Trinajstić information content (AvgIpc) is 2.46. The van der Waals surface area contributed by atoms with Gasteiger partial charge >= 0.3 is 0 Å². The second-order valence-corrected chi connectivity index (χ2v) is 5.41. The van der Waals surface area contributed by atoms with E-state index in [1.54, 1.807) is 18.2 Å². The monoisotopic (exact) mass is 330 g/mol. The molecular weight excluding hydrogens is 316 g/mol. The standard InChI is InChI=1S/C16H15BrN2O/c1-2-15(11-4-7-14(20)8-5-11)19-16-9-13(17)6-3-12(16)10-18/h3-9,15,19-20H,2H2,1H3. The summed E-state index contributed by atoms with van der Waals surface area (Å²) in [6.07, 6.45) is 0.877. The first-order valence-corrected chi connectivity index (χ1v) is 7.18. The van der Waals surface area contributed by atoms with Gasteiger partial charge < -0.3 is 10.4 Å². The van der Waals surface area contributed by atoms with Crippen LogP contribution in [0.2, 0.25) is 0 Å². The summed E-state index contributed by atoms with van der Waals surface area (Å²) in [6.45, 7) is 2.08. The van der Waals surface area contributed by atoms with Crippen molar-refractivity contribution in [3.63, 3.8) is 0 Å². The van der Waals surface area contributed by atoms with Gasteiger partial charge in [0, 0.05) is 4.47 Å². The van der Waals surface area contributed by atoms with Crippen LogP contribution in [0.3, 0.4) is 0 Å². The maximum atomic E-state index is 9.35. The SMILES string of the molecule is CCC(Nc1cc(Br)ccc1C#N)c1ccc(O)cc1. The molecule has 0 aromatic heterocycles. The van der Waals surface area contributed by atoms with E-state index in [0.29, 0.717) is 5.56 Å². The molecule has 0 aliphatic heterocycles. The number of nitrogens with one attached hydrogen (secondary N) is 1. The van der Waals surface area contributed by atoms with Crippen LogP contribution in [0, 0.1) is 11.3 Å². The fraction of sp³-hybridized carbons (Fsp3) is 0.188. The number of anilines is 1. The van der Waals surface area contributed by atoms with Crippen molar-refractivity contribution < 1.29 is 5.11 Å². The first-order chi connectivity index (χ1) is 9.63. The summed E-state index contributed by atoms with van der Waals surface area (Å²) in [6, 6.07) is 15.0. The molecule has 0 saturated heterocycles. The summed E-state index contributed by atoms with van der Waals surface area (Å²) in [7, 11) is 0. The molecule has 0 bridgehead atoms. The van der Waals surface area contributed by atoms with Gasteiger partial charge in [-0.3, -0.25) is 0 Å². The van der Waals surface area contributed by atoms with E-state index in [4.69, 9.17) is 5.26 Å². The number of benzene rings is 2. The van der Waals surface area contributed by atoms with Crippen LogP contribution < -0.4 is 5.32 Å². The molecule has 3 nitrogen and oxygen atoms in total. The van der Waals surface area contributed by atoms with Crippen LogP contribution in [0.25, 0.3) is 0 Å². The molecule has 0 aliphatic rings. The first kappa shape index (κ1) is 14.4. The van der Waals surface area contributed by atoms with Crippen molar-refractivity contribution in [1.82, 2.24) is 0 Å². The number of nitriles is 1. The Morgan fingerprint density at radius 1 is 1.25 bits per heavy atom. The Kier molecular flexibility index (Phi) is 4.65. The van der Waals surface area contributed by atoms with E-state index < -0.39 is 0 Å². The first-order valence-electron chi connectivity index (χ1n) is 6.39. The molecule has 0 spiro atoms. The number of hydrogen-bond donors (Lipinski definition) is 2. The predicted octanol–water partition coefficient (Wildman–Crippen LogP) is 4.59. The van der Waals surface area contributed by atoms with Crippen molar-refractivity contribution in [3.05, 3.63) is 58.1 Å². The number of phenolic OH excluding ortho intramolecular Hbond substituents is 1. The Bertz CT molecular complexity index is 632. The Balaban J connectivity index is 2.29. The van der Waals surface area contributed by atoms with Crippen LogP contribution in [0.1, 0.15) is 30.5 Å². The molecule has 0 aliphatic carbocycles. The topological polar surface area (TPSA) is 56.0 Å². The largest absolute Gasteiger partial charge is 0.508 e. The van der Waals surface area contributed by atoms with Crippen molar-refractivity contribution in [1.29, 1.82) is 5.26 Å². The van der Waals surface area contributed by atoms with Crippen molar-refractivity contribution in [2.24, 2.45) is 0 Å². The lowest BCUT2D eigenvalue weighted by Gasteiger charge is -2.20. The normalized spacial score (nSPS) is 11.7. The van der Waals surface area contributed by atoms with Gasteiger partial charge in [0.2, 0.25) is 0 Å². The summed E-state index contributed by atoms with van der Waals surface area (Å²) < 4.78 is 0.930. The average molecular weight is 331 g/mol. The van der Waals surface area contributed by atoms with Crippen molar-refractivity contribution >= 4 is 21.6 Å². The molecule has 0 fully saturated rings. The van der Waals surface area contributed by atoms with Gasteiger partial charge in [0.25, 0.3) is 0 Å². The van der Waals surface area contributed by atoms with Gasteiger partial charge in [0.05, 0.1) is 17.3 Å². The summed E-state index contributed by atoms with van der Waals surface area (Å²) in [5, 5.41) is 21.9. The third-order valence-corrected chi connectivity index (χ3v) is 3.63. The summed E-state index contributed by atoms with van der Waals surface area (Å²) in [5.41, 5.74) is 2.50. The molecule has 20 heavy (non-hydrogen) atoms. The number of phenols is 1. The van der Waals surface area contributed by atoms with Gasteiger partial charge in [-0.15, -0.1) is 0 Å². The van der Waals surface area contributed by atoms with E-state index >= 15 is 0 Å². The number of halogens is 1. The fourth-order valence-corrected chi connectivity index (χ4v) is 2.41. The van der Waals surface area contributed by atoms with E-state index in [1.807, 2.05) is 24.3 Å². The maximum Gasteiger partial charge on any atom is 0.115 e. The van der Waals surface area contributed by atoms with Crippen molar-refractivity contribution in [3.8, 4) is 11.8 Å². The third kappa shape index (κ3) is 3.31. The van der Waals surface area contributed by atoms with Gasteiger partial charge in [-0.1, -0.05) is 35.0 Å². The molecule has 2 N–H and O–H groups in total. The highest BCUT2D eigenvalue weighted by atomic mass is 79.9. The van der Waals surface area contributed by atoms with Crippen molar-refractivity contribution in [2.75, 3.05) is 5.32 Å². The molecule has 0 saturated carbocycles. The number of aromatic hydroxyl groups is 1. The molecule has 1 unspecified atom stereocenters. The van der Waals surface area contributed by atoms with Gasteiger partial charge in [-0.2, -0.15) is 5.26 Å². The zero-order valence-electron chi connectivity index (χ0n) is 11.1. The molecule has 2 aromatic rings. The number of rotatable bonds is 4. The molecule has 2 rings (SSSR count). The minimum absolute atomic E-state index is 0.0944. The summed E-state index contributed by atoms with van der Waals surface area (Å²) in [4.78, 5) is 0. The maximum absolute atomic E-state index is 9.35. The third-order valence-electron chi connectivity index (χ3n) is 3.14. The highest BCUT2D eigenvalue weighted by molar-refractivity contribution is 9.10. The van der Waals surface area contributed by atoms with Gasteiger partial charge in [0.15, 0.2) is 0 Å². The highest BCUT2D eigenvalue weighted by Crippen LogP contribution is 2.28. The van der Waals surface area contributed by atoms with Crippen LogP contribution in [0.5, 0.6) is 5.75 Å². The van der Waals surface area contributed by atoms with E-state index in [9.17, 15) is 5.11 Å². The Hall–Kier alpha value is -1.99. The predicted molar refractivity (Wildman–Crippen MR) is 83.6 cm³/mol. The second kappa shape index (κ2) is 6.44. The Morgan fingerprint density at radius 2 is 1.95 bits per heavy atom. The second-order valence-electron chi connectivity index (χ2n) is 4.50. The van der Waals surface area contributed by atoms with Gasteiger partial charge in [0.1, 0.15) is 11.8 Å². The van der Waals surface area contributed by atoms with E-state index in [2.05, 4.69) is 34.2 Å². The van der Waals surface area contributed by atoms with Gasteiger partial charge in [-0.05, 0) is 42.3 Å². The van der Waals surface area contributed by atoms with E-state index in [1.165, 1.54) is 0 Å². The minimum atomic E-state index is 0.0944. The molecule has 2 aromatic carbocycles. The number of hydrogen-bond acceptors (Lipinski definition) is 3.